The number of benzene rings is 1. The van der Waals surface area contributed by atoms with Crippen LogP contribution in [0.25, 0.3) is 5.57 Å². The topological polar surface area (TPSA) is 52.6 Å². The molecule has 1 aliphatic rings. The Bertz CT molecular complexity index is 565. The van der Waals surface area contributed by atoms with E-state index in [-0.39, 0.29) is 5.57 Å². The van der Waals surface area contributed by atoms with E-state index < -0.39 is 17.7 Å². The number of ether oxygens (including phenoxy) is 2. The molecule has 0 aromatic heterocycles. The summed E-state index contributed by atoms with van der Waals surface area (Å²) >= 11 is 6.05. The molecule has 1 aromatic carbocycles. The van der Waals surface area contributed by atoms with Crippen LogP contribution in [-0.4, -0.2) is 17.7 Å². The highest BCUT2D eigenvalue weighted by molar-refractivity contribution is 6.33. The molecule has 1 saturated heterocycles. The summed E-state index contributed by atoms with van der Waals surface area (Å²) in [5, 5.41) is 0.456. The van der Waals surface area contributed by atoms with Gasteiger partial charge >= 0.3 is 11.9 Å². The number of halogens is 1. The van der Waals surface area contributed by atoms with Crippen LogP contribution < -0.4 is 0 Å². The van der Waals surface area contributed by atoms with Crippen molar-refractivity contribution in [3.05, 3.63) is 40.4 Å². The summed E-state index contributed by atoms with van der Waals surface area (Å²) < 4.78 is 10.1. The van der Waals surface area contributed by atoms with Gasteiger partial charge in [0.05, 0.1) is 0 Å². The fourth-order valence-electron chi connectivity index (χ4n) is 1.86. The van der Waals surface area contributed by atoms with Crippen LogP contribution in [0.2, 0.25) is 5.02 Å². The Morgan fingerprint density at radius 2 is 1.63 bits per heavy atom. The predicted octanol–water partition coefficient (Wildman–Crippen LogP) is 2.95. The lowest BCUT2D eigenvalue weighted by Crippen LogP contribution is -2.42. The number of allylic oxidation sites excluding steroid dienone is 1. The highest BCUT2D eigenvalue weighted by Crippen LogP contribution is 2.31. The van der Waals surface area contributed by atoms with E-state index in [1.807, 2.05) is 0 Å². The Morgan fingerprint density at radius 1 is 1.11 bits per heavy atom. The Morgan fingerprint density at radius 3 is 2.16 bits per heavy atom. The fourth-order valence-corrected chi connectivity index (χ4v) is 2.14. The average molecular weight is 281 g/mol. The lowest BCUT2D eigenvalue weighted by Gasteiger charge is -2.30. The molecule has 0 N–H and O–H groups in total. The second kappa shape index (κ2) is 4.70. The lowest BCUT2D eigenvalue weighted by atomic mass is 10.0. The van der Waals surface area contributed by atoms with E-state index >= 15 is 0 Å². The molecule has 2 rings (SSSR count). The number of carbonyl (C=O) groups excluding carboxylic acids is 2. The number of hydrogen-bond acceptors (Lipinski definition) is 4. The normalized spacial score (nSPS) is 17.8. The zero-order valence-corrected chi connectivity index (χ0v) is 11.6. The van der Waals surface area contributed by atoms with Crippen molar-refractivity contribution in [1.29, 1.82) is 0 Å². The number of hydrogen-bond donors (Lipinski definition) is 0. The third-order valence-electron chi connectivity index (χ3n) is 2.74. The molecule has 5 heteroatoms. The molecule has 0 amide bonds. The number of esters is 2. The Labute approximate surface area is 116 Å². The molecule has 19 heavy (non-hydrogen) atoms. The van der Waals surface area contributed by atoms with Crippen LogP contribution in [0.4, 0.5) is 0 Å². The van der Waals surface area contributed by atoms with Crippen LogP contribution in [0.3, 0.4) is 0 Å². The standard InChI is InChI=1S/C14H13ClO4/c1-8(9-6-4-5-7-10(9)15)11-12(16)18-14(2,3)19-13(11)17/h4-7H,1-3H3. The van der Waals surface area contributed by atoms with Crippen molar-refractivity contribution in [2.24, 2.45) is 0 Å². The smallest absolute Gasteiger partial charge is 0.349 e. The van der Waals surface area contributed by atoms with Gasteiger partial charge in [-0.1, -0.05) is 29.8 Å². The molecule has 0 unspecified atom stereocenters. The van der Waals surface area contributed by atoms with Crippen LogP contribution in [0.5, 0.6) is 0 Å². The Kier molecular flexibility index (Phi) is 3.37. The minimum Gasteiger partial charge on any atom is -0.419 e. The van der Waals surface area contributed by atoms with Gasteiger partial charge in [-0.2, -0.15) is 0 Å². The van der Waals surface area contributed by atoms with Crippen LogP contribution in [0.15, 0.2) is 29.8 Å². The second-order valence-corrected chi connectivity index (χ2v) is 5.07. The minimum atomic E-state index is -1.24. The highest BCUT2D eigenvalue weighted by Gasteiger charge is 2.40. The lowest BCUT2D eigenvalue weighted by molar-refractivity contribution is -0.222. The van der Waals surface area contributed by atoms with E-state index in [1.54, 1.807) is 31.2 Å². The molecular formula is C14H13ClO4. The zero-order valence-electron chi connectivity index (χ0n) is 10.8. The first-order valence-electron chi connectivity index (χ1n) is 5.74. The van der Waals surface area contributed by atoms with Gasteiger partial charge in [0.25, 0.3) is 5.79 Å². The third-order valence-corrected chi connectivity index (χ3v) is 3.07. The minimum absolute atomic E-state index is 0.118. The number of rotatable bonds is 1. The van der Waals surface area contributed by atoms with E-state index in [0.29, 0.717) is 16.2 Å². The summed E-state index contributed by atoms with van der Waals surface area (Å²) in [6, 6.07) is 6.95. The largest absolute Gasteiger partial charge is 0.419 e. The van der Waals surface area contributed by atoms with Crippen molar-refractivity contribution in [3.8, 4) is 0 Å². The summed E-state index contributed by atoms with van der Waals surface area (Å²) in [4.78, 5) is 23.8. The summed E-state index contributed by atoms with van der Waals surface area (Å²) in [6.07, 6.45) is 0. The van der Waals surface area contributed by atoms with Crippen LogP contribution >= 0.6 is 11.6 Å². The molecule has 1 heterocycles. The van der Waals surface area contributed by atoms with E-state index in [0.717, 1.165) is 0 Å². The van der Waals surface area contributed by atoms with Gasteiger partial charge in [0.15, 0.2) is 0 Å². The molecular weight excluding hydrogens is 268 g/mol. The van der Waals surface area contributed by atoms with Crippen molar-refractivity contribution in [2.75, 3.05) is 0 Å². The van der Waals surface area contributed by atoms with Crippen LogP contribution in [-0.2, 0) is 19.1 Å². The van der Waals surface area contributed by atoms with Gasteiger partial charge in [-0.15, -0.1) is 0 Å². The van der Waals surface area contributed by atoms with Crippen molar-refractivity contribution in [2.45, 2.75) is 26.6 Å². The maximum absolute atomic E-state index is 11.9. The zero-order chi connectivity index (χ0) is 14.2. The molecule has 0 atom stereocenters. The van der Waals surface area contributed by atoms with Crippen molar-refractivity contribution in [1.82, 2.24) is 0 Å². The number of cyclic esters (lactones) is 2. The van der Waals surface area contributed by atoms with E-state index in [2.05, 4.69) is 0 Å². The van der Waals surface area contributed by atoms with Gasteiger partial charge in [-0.25, -0.2) is 9.59 Å². The van der Waals surface area contributed by atoms with Crippen molar-refractivity contribution in [3.63, 3.8) is 0 Å². The average Bonchev–Trinajstić information content (AvgIpc) is 2.26. The molecule has 1 aromatic rings. The van der Waals surface area contributed by atoms with E-state index in [1.165, 1.54) is 13.8 Å². The van der Waals surface area contributed by atoms with Gasteiger partial charge < -0.3 is 9.47 Å². The second-order valence-electron chi connectivity index (χ2n) is 4.66. The maximum Gasteiger partial charge on any atom is 0.349 e. The summed E-state index contributed by atoms with van der Waals surface area (Å²) in [5.74, 6) is -2.63. The highest BCUT2D eigenvalue weighted by atomic mass is 35.5. The summed E-state index contributed by atoms with van der Waals surface area (Å²) in [5.41, 5.74) is 0.927. The van der Waals surface area contributed by atoms with Crippen molar-refractivity contribution < 1.29 is 19.1 Å². The first-order valence-corrected chi connectivity index (χ1v) is 6.12. The maximum atomic E-state index is 11.9. The van der Waals surface area contributed by atoms with Gasteiger partial charge in [-0.05, 0) is 24.1 Å². The van der Waals surface area contributed by atoms with Gasteiger partial charge in [0.1, 0.15) is 5.57 Å². The monoisotopic (exact) mass is 280 g/mol. The van der Waals surface area contributed by atoms with Gasteiger partial charge in [0, 0.05) is 18.9 Å². The molecule has 4 nitrogen and oxygen atoms in total. The molecule has 0 bridgehead atoms. The molecule has 1 aliphatic heterocycles. The Hall–Kier alpha value is -1.81. The SMILES string of the molecule is CC(=C1C(=O)OC(C)(C)OC1=O)c1ccccc1Cl. The molecule has 1 fully saturated rings. The summed E-state index contributed by atoms with van der Waals surface area (Å²) in [6.45, 7) is 4.65. The van der Waals surface area contributed by atoms with Crippen LogP contribution in [0.1, 0.15) is 26.3 Å². The summed E-state index contributed by atoms with van der Waals surface area (Å²) in [7, 11) is 0. The molecule has 100 valence electrons. The van der Waals surface area contributed by atoms with Crippen LogP contribution in [0, 0.1) is 0 Å². The molecule has 0 radical (unpaired) electrons. The molecule has 0 spiro atoms. The predicted molar refractivity (Wildman–Crippen MR) is 70.3 cm³/mol. The third kappa shape index (κ3) is 2.63. The Balaban J connectivity index is 2.50. The van der Waals surface area contributed by atoms with E-state index in [4.69, 9.17) is 21.1 Å². The molecule has 0 saturated carbocycles. The van der Waals surface area contributed by atoms with E-state index in [9.17, 15) is 9.59 Å². The van der Waals surface area contributed by atoms with Gasteiger partial charge in [0.2, 0.25) is 0 Å². The fraction of sp³-hybridized carbons (Fsp3) is 0.286. The quantitative estimate of drug-likeness (QED) is 0.451. The molecule has 0 aliphatic carbocycles. The van der Waals surface area contributed by atoms with Gasteiger partial charge in [-0.3, -0.25) is 0 Å². The number of carbonyl (C=O) groups is 2. The first kappa shape index (κ1) is 13.6. The first-order chi connectivity index (χ1) is 8.82. The van der Waals surface area contributed by atoms with Crippen molar-refractivity contribution >= 4 is 29.1 Å².